The van der Waals surface area contributed by atoms with E-state index in [1.54, 1.807) is 18.5 Å². The van der Waals surface area contributed by atoms with E-state index < -0.39 is 5.97 Å². The van der Waals surface area contributed by atoms with Crippen LogP contribution in [0.25, 0.3) is 10.9 Å². The first-order chi connectivity index (χ1) is 8.75. The highest BCUT2D eigenvalue weighted by Gasteiger charge is 2.17. The Kier molecular flexibility index (Phi) is 2.30. The lowest BCUT2D eigenvalue weighted by Gasteiger charge is -2.02. The highest BCUT2D eigenvalue weighted by molar-refractivity contribution is 6.09. The number of carboxylic acids is 1. The number of para-hydroxylation sites is 1. The highest BCUT2D eigenvalue weighted by atomic mass is 16.4. The van der Waals surface area contributed by atoms with Gasteiger partial charge in [0.2, 0.25) is 0 Å². The van der Waals surface area contributed by atoms with Crippen molar-refractivity contribution in [2.24, 2.45) is 0 Å². The van der Waals surface area contributed by atoms with E-state index in [0.29, 0.717) is 11.2 Å². The first-order valence-corrected chi connectivity index (χ1v) is 5.49. The van der Waals surface area contributed by atoms with Gasteiger partial charge in [0.15, 0.2) is 0 Å². The standard InChI is InChI=1S/C13H11N3O2/c17-13(18)11-9-3-1-2-4-10(9)16-12(11)15-8-5-6-14-7-8/h1-7,14-16H,(H,17,18). The number of hydrogen-bond acceptors (Lipinski definition) is 2. The Hall–Kier alpha value is -2.69. The van der Waals surface area contributed by atoms with Gasteiger partial charge in [-0.05, 0) is 12.1 Å². The summed E-state index contributed by atoms with van der Waals surface area (Å²) in [6.45, 7) is 0. The van der Waals surface area contributed by atoms with Crippen molar-refractivity contribution in [2.75, 3.05) is 5.32 Å². The van der Waals surface area contributed by atoms with Gasteiger partial charge in [-0.3, -0.25) is 0 Å². The molecule has 3 rings (SSSR count). The van der Waals surface area contributed by atoms with Crippen molar-refractivity contribution >= 4 is 28.4 Å². The fourth-order valence-electron chi connectivity index (χ4n) is 2.00. The van der Waals surface area contributed by atoms with Crippen LogP contribution in [-0.4, -0.2) is 21.0 Å². The summed E-state index contributed by atoms with van der Waals surface area (Å²) in [5.41, 5.74) is 1.86. The molecule has 3 aromatic rings. The Morgan fingerprint density at radius 2 is 2.06 bits per heavy atom. The normalized spacial score (nSPS) is 10.7. The zero-order valence-corrected chi connectivity index (χ0v) is 9.40. The van der Waals surface area contributed by atoms with E-state index in [-0.39, 0.29) is 5.56 Å². The Balaban J connectivity index is 2.16. The second kappa shape index (κ2) is 3.96. The molecule has 2 aromatic heterocycles. The molecule has 0 saturated carbocycles. The second-order valence-corrected chi connectivity index (χ2v) is 3.95. The molecule has 4 N–H and O–H groups in total. The molecule has 0 saturated heterocycles. The molecule has 0 aliphatic carbocycles. The van der Waals surface area contributed by atoms with Gasteiger partial charge in [-0.25, -0.2) is 4.79 Å². The van der Waals surface area contributed by atoms with Crippen LogP contribution in [-0.2, 0) is 0 Å². The van der Waals surface area contributed by atoms with Gasteiger partial charge < -0.3 is 20.4 Å². The number of fused-ring (bicyclic) bond motifs is 1. The zero-order valence-electron chi connectivity index (χ0n) is 9.40. The fraction of sp³-hybridized carbons (Fsp3) is 0. The molecule has 0 bridgehead atoms. The third-order valence-corrected chi connectivity index (χ3v) is 2.79. The summed E-state index contributed by atoms with van der Waals surface area (Å²) >= 11 is 0. The fourth-order valence-corrected chi connectivity index (χ4v) is 2.00. The van der Waals surface area contributed by atoms with Gasteiger partial charge in [-0.1, -0.05) is 18.2 Å². The lowest BCUT2D eigenvalue weighted by Crippen LogP contribution is -2.00. The van der Waals surface area contributed by atoms with Gasteiger partial charge in [-0.15, -0.1) is 0 Å². The number of aromatic nitrogens is 2. The van der Waals surface area contributed by atoms with Crippen LogP contribution >= 0.6 is 0 Å². The Morgan fingerprint density at radius 1 is 1.22 bits per heavy atom. The van der Waals surface area contributed by atoms with Gasteiger partial charge in [0, 0.05) is 23.3 Å². The Morgan fingerprint density at radius 3 is 2.78 bits per heavy atom. The van der Waals surface area contributed by atoms with Gasteiger partial charge in [0.05, 0.1) is 5.69 Å². The number of anilines is 2. The lowest BCUT2D eigenvalue weighted by molar-refractivity contribution is 0.0700. The van der Waals surface area contributed by atoms with Crippen molar-refractivity contribution in [1.82, 2.24) is 9.97 Å². The van der Waals surface area contributed by atoms with Crippen LogP contribution in [0.15, 0.2) is 42.7 Å². The molecule has 90 valence electrons. The molecule has 2 heterocycles. The Labute approximate surface area is 102 Å². The van der Waals surface area contributed by atoms with E-state index in [4.69, 9.17) is 0 Å². The third-order valence-electron chi connectivity index (χ3n) is 2.79. The number of nitrogens with one attached hydrogen (secondary N) is 3. The maximum absolute atomic E-state index is 11.4. The minimum absolute atomic E-state index is 0.256. The Bertz CT molecular complexity index is 698. The lowest BCUT2D eigenvalue weighted by atomic mass is 10.1. The summed E-state index contributed by atoms with van der Waals surface area (Å²) in [5.74, 6) is -0.464. The van der Waals surface area contributed by atoms with E-state index in [0.717, 1.165) is 11.2 Å². The van der Waals surface area contributed by atoms with E-state index >= 15 is 0 Å². The molecule has 0 amide bonds. The summed E-state index contributed by atoms with van der Waals surface area (Å²) in [6, 6.07) is 9.16. The van der Waals surface area contributed by atoms with Gasteiger partial charge in [0.1, 0.15) is 11.4 Å². The SMILES string of the molecule is O=C(O)c1c(Nc2cc[nH]c2)[nH]c2ccccc12. The number of carbonyl (C=O) groups is 1. The minimum Gasteiger partial charge on any atom is -0.478 e. The van der Waals surface area contributed by atoms with Crippen molar-refractivity contribution in [3.63, 3.8) is 0 Å². The van der Waals surface area contributed by atoms with Gasteiger partial charge >= 0.3 is 5.97 Å². The molecule has 18 heavy (non-hydrogen) atoms. The number of rotatable bonds is 3. The van der Waals surface area contributed by atoms with E-state index in [1.165, 1.54) is 0 Å². The summed E-state index contributed by atoms with van der Waals surface area (Å²) in [7, 11) is 0. The summed E-state index contributed by atoms with van der Waals surface area (Å²) in [4.78, 5) is 17.3. The van der Waals surface area contributed by atoms with E-state index in [9.17, 15) is 9.90 Å². The molecule has 5 nitrogen and oxygen atoms in total. The van der Waals surface area contributed by atoms with Crippen LogP contribution in [0.4, 0.5) is 11.5 Å². The molecule has 1 aromatic carbocycles. The average molecular weight is 241 g/mol. The first-order valence-electron chi connectivity index (χ1n) is 5.49. The number of H-pyrrole nitrogens is 2. The molecule has 0 atom stereocenters. The van der Waals surface area contributed by atoms with Crippen LogP contribution in [0.2, 0.25) is 0 Å². The zero-order chi connectivity index (χ0) is 12.5. The van der Waals surface area contributed by atoms with Crippen molar-refractivity contribution in [3.05, 3.63) is 48.3 Å². The third kappa shape index (κ3) is 1.62. The van der Waals surface area contributed by atoms with Crippen LogP contribution in [0.5, 0.6) is 0 Å². The van der Waals surface area contributed by atoms with Gasteiger partial charge in [0.25, 0.3) is 0 Å². The largest absolute Gasteiger partial charge is 0.478 e. The summed E-state index contributed by atoms with van der Waals surface area (Å²) in [6.07, 6.45) is 3.53. The predicted octanol–water partition coefficient (Wildman–Crippen LogP) is 2.94. The van der Waals surface area contributed by atoms with Crippen LogP contribution in [0.3, 0.4) is 0 Å². The maximum Gasteiger partial charge on any atom is 0.340 e. The summed E-state index contributed by atoms with van der Waals surface area (Å²) < 4.78 is 0. The van der Waals surface area contributed by atoms with Crippen molar-refractivity contribution < 1.29 is 9.90 Å². The smallest absolute Gasteiger partial charge is 0.340 e. The maximum atomic E-state index is 11.4. The number of carboxylic acid groups (broad SMARTS) is 1. The van der Waals surface area contributed by atoms with E-state index in [1.807, 2.05) is 24.3 Å². The van der Waals surface area contributed by atoms with Crippen LogP contribution in [0, 0.1) is 0 Å². The van der Waals surface area contributed by atoms with Crippen molar-refractivity contribution in [1.29, 1.82) is 0 Å². The molecule has 5 heteroatoms. The monoisotopic (exact) mass is 241 g/mol. The molecule has 0 fully saturated rings. The molecular weight excluding hydrogens is 230 g/mol. The highest BCUT2D eigenvalue weighted by Crippen LogP contribution is 2.28. The second-order valence-electron chi connectivity index (χ2n) is 3.95. The number of benzene rings is 1. The number of aromatic amines is 2. The number of hydrogen-bond donors (Lipinski definition) is 4. The van der Waals surface area contributed by atoms with Crippen LogP contribution < -0.4 is 5.32 Å². The van der Waals surface area contributed by atoms with Crippen molar-refractivity contribution in [3.8, 4) is 0 Å². The molecule has 0 unspecified atom stereocenters. The molecular formula is C13H11N3O2. The topological polar surface area (TPSA) is 80.9 Å². The molecule has 0 aliphatic heterocycles. The van der Waals surface area contributed by atoms with Gasteiger partial charge in [-0.2, -0.15) is 0 Å². The molecule has 0 spiro atoms. The predicted molar refractivity (Wildman–Crippen MR) is 69.3 cm³/mol. The molecule has 0 radical (unpaired) electrons. The summed E-state index contributed by atoms with van der Waals surface area (Å²) in [5, 5.41) is 13.1. The quantitative estimate of drug-likeness (QED) is 0.569. The minimum atomic E-state index is -0.953. The van der Waals surface area contributed by atoms with Crippen molar-refractivity contribution in [2.45, 2.75) is 0 Å². The van der Waals surface area contributed by atoms with E-state index in [2.05, 4.69) is 15.3 Å². The first kappa shape index (κ1) is 10.5. The average Bonchev–Trinajstić information content (AvgIpc) is 2.95. The van der Waals surface area contributed by atoms with Crippen LogP contribution in [0.1, 0.15) is 10.4 Å². The molecule has 0 aliphatic rings. The number of aromatic carboxylic acids is 1.